The zero-order valence-electron chi connectivity index (χ0n) is 14.0. The Labute approximate surface area is 150 Å². The van der Waals surface area contributed by atoms with E-state index in [0.717, 1.165) is 21.5 Å². The molecule has 7 heteroatoms. The second-order valence-electron chi connectivity index (χ2n) is 6.00. The van der Waals surface area contributed by atoms with Crippen LogP contribution in [0.1, 0.15) is 30.9 Å². The number of thioether (sulfide) groups is 1. The molecule has 1 fully saturated rings. The van der Waals surface area contributed by atoms with Crippen LogP contribution in [0.3, 0.4) is 0 Å². The van der Waals surface area contributed by atoms with Crippen LogP contribution < -0.4 is 5.32 Å². The van der Waals surface area contributed by atoms with Gasteiger partial charge in [-0.15, -0.1) is 10.2 Å². The Hall–Kier alpha value is -1.60. The van der Waals surface area contributed by atoms with Gasteiger partial charge in [-0.3, -0.25) is 4.79 Å². The van der Waals surface area contributed by atoms with Crippen molar-refractivity contribution in [1.82, 2.24) is 15.1 Å². The third kappa shape index (κ3) is 4.95. The lowest BCUT2D eigenvalue weighted by Gasteiger charge is -2.17. The number of carbonyl (C=O) groups is 1. The Balaban J connectivity index is 1.45. The molecule has 0 spiro atoms. The van der Waals surface area contributed by atoms with Gasteiger partial charge in [0.15, 0.2) is 4.34 Å². The molecule has 1 heterocycles. The van der Waals surface area contributed by atoms with Gasteiger partial charge in [0.1, 0.15) is 0 Å². The van der Waals surface area contributed by atoms with Crippen LogP contribution in [0.15, 0.2) is 28.6 Å². The molecular weight excluding hydrogens is 340 g/mol. The maximum atomic E-state index is 12.3. The van der Waals surface area contributed by atoms with Crippen LogP contribution in [-0.2, 0) is 17.8 Å². The van der Waals surface area contributed by atoms with Gasteiger partial charge in [-0.05, 0) is 30.4 Å². The van der Waals surface area contributed by atoms with Gasteiger partial charge in [0, 0.05) is 19.6 Å². The topological polar surface area (TPSA) is 58.1 Å². The molecule has 1 amide bonds. The van der Waals surface area contributed by atoms with E-state index in [1.54, 1.807) is 4.90 Å². The maximum Gasteiger partial charge on any atom is 0.233 e. The Kier molecular flexibility index (Phi) is 5.73. The summed E-state index contributed by atoms with van der Waals surface area (Å²) in [4.78, 5) is 14.0. The molecule has 0 aliphatic heterocycles. The molecule has 128 valence electrons. The summed E-state index contributed by atoms with van der Waals surface area (Å²) in [7, 11) is 1.84. The van der Waals surface area contributed by atoms with E-state index < -0.39 is 0 Å². The highest BCUT2D eigenvalue weighted by molar-refractivity contribution is 8.01. The van der Waals surface area contributed by atoms with Crippen molar-refractivity contribution in [3.8, 4) is 0 Å². The Bertz CT molecular complexity index is 682. The van der Waals surface area contributed by atoms with Crippen molar-refractivity contribution in [2.24, 2.45) is 0 Å². The number of anilines is 1. The van der Waals surface area contributed by atoms with Crippen LogP contribution in [-0.4, -0.2) is 39.8 Å². The second kappa shape index (κ2) is 7.98. The van der Waals surface area contributed by atoms with Crippen LogP contribution in [0.4, 0.5) is 5.13 Å². The average Bonchev–Trinajstić information content (AvgIpc) is 3.30. The summed E-state index contributed by atoms with van der Waals surface area (Å²) in [5, 5.41) is 12.4. The van der Waals surface area contributed by atoms with Gasteiger partial charge < -0.3 is 10.2 Å². The van der Waals surface area contributed by atoms with E-state index in [2.05, 4.69) is 46.7 Å². The molecule has 1 aliphatic rings. The van der Waals surface area contributed by atoms with Crippen LogP contribution in [0.25, 0.3) is 0 Å². The summed E-state index contributed by atoms with van der Waals surface area (Å²) in [6, 6.07) is 9.01. The molecule has 1 saturated carbocycles. The summed E-state index contributed by atoms with van der Waals surface area (Å²) >= 11 is 2.98. The van der Waals surface area contributed by atoms with E-state index in [-0.39, 0.29) is 5.91 Å². The van der Waals surface area contributed by atoms with E-state index in [0.29, 0.717) is 18.3 Å². The SMILES string of the molecule is CCc1ccc(CN(C)C(=O)CSc2nnc(NC3CC3)s2)cc1. The summed E-state index contributed by atoms with van der Waals surface area (Å²) in [5.41, 5.74) is 2.47. The molecule has 0 saturated heterocycles. The first-order valence-electron chi connectivity index (χ1n) is 8.18. The summed E-state index contributed by atoms with van der Waals surface area (Å²) in [6.45, 7) is 2.77. The number of nitrogens with zero attached hydrogens (tertiary/aromatic N) is 3. The smallest absolute Gasteiger partial charge is 0.233 e. The Morgan fingerprint density at radius 2 is 2.00 bits per heavy atom. The van der Waals surface area contributed by atoms with E-state index in [9.17, 15) is 4.79 Å². The van der Waals surface area contributed by atoms with E-state index in [4.69, 9.17) is 0 Å². The lowest BCUT2D eigenvalue weighted by molar-refractivity contribution is -0.127. The zero-order valence-corrected chi connectivity index (χ0v) is 15.6. The predicted molar refractivity (Wildman–Crippen MR) is 99.6 cm³/mol. The number of rotatable bonds is 8. The quantitative estimate of drug-likeness (QED) is 0.729. The summed E-state index contributed by atoms with van der Waals surface area (Å²) in [6.07, 6.45) is 3.46. The molecule has 0 radical (unpaired) electrons. The van der Waals surface area contributed by atoms with Crippen LogP contribution in [0.5, 0.6) is 0 Å². The minimum Gasteiger partial charge on any atom is -0.357 e. The van der Waals surface area contributed by atoms with Crippen molar-refractivity contribution in [2.75, 3.05) is 18.1 Å². The van der Waals surface area contributed by atoms with Gasteiger partial charge in [-0.25, -0.2) is 0 Å². The summed E-state index contributed by atoms with van der Waals surface area (Å²) < 4.78 is 0.840. The second-order valence-corrected chi connectivity index (χ2v) is 8.20. The number of aromatic nitrogens is 2. The van der Waals surface area contributed by atoms with E-state index in [1.165, 1.54) is 41.5 Å². The fourth-order valence-corrected chi connectivity index (χ4v) is 3.97. The minimum absolute atomic E-state index is 0.103. The average molecular weight is 363 g/mol. The van der Waals surface area contributed by atoms with E-state index >= 15 is 0 Å². The molecule has 0 atom stereocenters. The molecule has 0 unspecified atom stereocenters. The van der Waals surface area contributed by atoms with Gasteiger partial charge in [-0.1, -0.05) is 54.3 Å². The highest BCUT2D eigenvalue weighted by Crippen LogP contribution is 2.30. The van der Waals surface area contributed by atoms with Crippen molar-refractivity contribution in [3.05, 3.63) is 35.4 Å². The van der Waals surface area contributed by atoms with Gasteiger partial charge in [0.05, 0.1) is 5.75 Å². The predicted octanol–water partition coefficient (Wildman–Crippen LogP) is 3.43. The third-order valence-corrected chi connectivity index (χ3v) is 5.88. The van der Waals surface area contributed by atoms with Crippen molar-refractivity contribution in [2.45, 2.75) is 43.1 Å². The summed E-state index contributed by atoms with van der Waals surface area (Å²) in [5.74, 6) is 0.494. The fraction of sp³-hybridized carbons (Fsp3) is 0.471. The number of hydrogen-bond donors (Lipinski definition) is 1. The molecule has 0 bridgehead atoms. The first-order chi connectivity index (χ1) is 11.6. The van der Waals surface area contributed by atoms with Gasteiger partial charge >= 0.3 is 0 Å². The van der Waals surface area contributed by atoms with Crippen molar-refractivity contribution >= 4 is 34.1 Å². The molecule has 24 heavy (non-hydrogen) atoms. The van der Waals surface area contributed by atoms with Crippen LogP contribution in [0, 0.1) is 0 Å². The maximum absolute atomic E-state index is 12.3. The fourth-order valence-electron chi connectivity index (χ4n) is 2.20. The van der Waals surface area contributed by atoms with Gasteiger partial charge in [-0.2, -0.15) is 0 Å². The lowest BCUT2D eigenvalue weighted by atomic mass is 10.1. The molecule has 5 nitrogen and oxygen atoms in total. The molecule has 1 aromatic heterocycles. The molecule has 1 aliphatic carbocycles. The van der Waals surface area contributed by atoms with Crippen molar-refractivity contribution in [1.29, 1.82) is 0 Å². The standard InChI is InChI=1S/C17H22N4OS2/c1-3-12-4-6-13(7-5-12)10-21(2)15(22)11-23-17-20-19-16(24-17)18-14-8-9-14/h4-7,14H,3,8-11H2,1-2H3,(H,18,19). The van der Waals surface area contributed by atoms with Gasteiger partial charge in [0.25, 0.3) is 0 Å². The van der Waals surface area contributed by atoms with E-state index in [1.807, 2.05) is 7.05 Å². The molecule has 1 aromatic carbocycles. The number of hydrogen-bond acceptors (Lipinski definition) is 6. The Morgan fingerprint density at radius 1 is 1.29 bits per heavy atom. The third-order valence-electron chi connectivity index (χ3n) is 3.91. The number of amides is 1. The molecular formula is C17H22N4OS2. The monoisotopic (exact) mass is 362 g/mol. The lowest BCUT2D eigenvalue weighted by Crippen LogP contribution is -2.27. The largest absolute Gasteiger partial charge is 0.357 e. The first kappa shape index (κ1) is 17.2. The number of benzene rings is 1. The Morgan fingerprint density at radius 3 is 2.67 bits per heavy atom. The molecule has 1 N–H and O–H groups in total. The highest BCUT2D eigenvalue weighted by Gasteiger charge is 2.22. The number of carbonyl (C=O) groups excluding carboxylic acids is 1. The normalized spacial score (nSPS) is 13.8. The number of nitrogens with one attached hydrogen (secondary N) is 1. The van der Waals surface area contributed by atoms with Crippen LogP contribution >= 0.6 is 23.1 Å². The van der Waals surface area contributed by atoms with Crippen molar-refractivity contribution < 1.29 is 4.79 Å². The van der Waals surface area contributed by atoms with Gasteiger partial charge in [0.2, 0.25) is 11.0 Å². The zero-order chi connectivity index (χ0) is 16.9. The molecule has 3 rings (SSSR count). The van der Waals surface area contributed by atoms with Crippen LogP contribution in [0.2, 0.25) is 0 Å². The number of aryl methyl sites for hydroxylation is 1. The minimum atomic E-state index is 0.103. The highest BCUT2D eigenvalue weighted by atomic mass is 32.2. The molecule has 2 aromatic rings. The van der Waals surface area contributed by atoms with Crippen molar-refractivity contribution in [3.63, 3.8) is 0 Å². The first-order valence-corrected chi connectivity index (χ1v) is 9.99.